The second-order valence-corrected chi connectivity index (χ2v) is 7.66. The predicted octanol–water partition coefficient (Wildman–Crippen LogP) is 5.17. The Bertz CT molecular complexity index is 1210. The summed E-state index contributed by atoms with van der Waals surface area (Å²) in [6.45, 7) is 0. The fraction of sp³-hybridized carbons (Fsp3) is 0.136. The van der Waals surface area contributed by atoms with Crippen LogP contribution in [0.1, 0.15) is 21.5 Å². The molecular weight excluding hydrogens is 406 g/mol. The zero-order valence-corrected chi connectivity index (χ0v) is 17.5. The van der Waals surface area contributed by atoms with Crippen molar-refractivity contribution in [3.8, 4) is 5.82 Å². The number of nitrogens with zero attached hydrogens (tertiary/aromatic N) is 3. The van der Waals surface area contributed by atoms with Crippen LogP contribution in [-0.2, 0) is 11.2 Å². The number of halogens is 1. The zero-order chi connectivity index (χ0) is 20.4. The molecule has 5 nitrogen and oxygen atoms in total. The molecule has 0 saturated carbocycles. The SMILES string of the molecule is COC(=O)c1cc(Cl)ccc1Cc1ccc2c(ccn2-c2ccnc(SC)n2)c1. The third-order valence-electron chi connectivity index (χ3n) is 4.67. The summed E-state index contributed by atoms with van der Waals surface area (Å²) in [6, 6.07) is 15.5. The van der Waals surface area contributed by atoms with Crippen LogP contribution in [0.25, 0.3) is 16.7 Å². The van der Waals surface area contributed by atoms with Gasteiger partial charge in [0.1, 0.15) is 5.82 Å². The maximum atomic E-state index is 12.1. The number of ether oxygens (including phenoxy) is 1. The lowest BCUT2D eigenvalue weighted by Gasteiger charge is -2.10. The average Bonchev–Trinajstić information content (AvgIpc) is 3.17. The highest BCUT2D eigenvalue weighted by molar-refractivity contribution is 7.98. The summed E-state index contributed by atoms with van der Waals surface area (Å²) >= 11 is 7.57. The molecule has 7 heteroatoms. The van der Waals surface area contributed by atoms with Crippen LogP contribution in [0, 0.1) is 0 Å². The van der Waals surface area contributed by atoms with Crippen molar-refractivity contribution < 1.29 is 9.53 Å². The van der Waals surface area contributed by atoms with Crippen molar-refractivity contribution in [2.45, 2.75) is 11.6 Å². The van der Waals surface area contributed by atoms with E-state index in [0.29, 0.717) is 17.0 Å². The van der Waals surface area contributed by atoms with Gasteiger partial charge in [0, 0.05) is 22.8 Å². The summed E-state index contributed by atoms with van der Waals surface area (Å²) in [6.07, 6.45) is 6.33. The molecule has 0 atom stereocenters. The second-order valence-electron chi connectivity index (χ2n) is 6.45. The molecular formula is C22H18ClN3O2S. The molecule has 2 aromatic carbocycles. The number of esters is 1. The molecule has 0 N–H and O–H groups in total. The summed E-state index contributed by atoms with van der Waals surface area (Å²) in [5.41, 5.74) is 3.52. The molecule has 146 valence electrons. The van der Waals surface area contributed by atoms with Gasteiger partial charge in [-0.15, -0.1) is 0 Å². The lowest BCUT2D eigenvalue weighted by atomic mass is 9.99. The third-order valence-corrected chi connectivity index (χ3v) is 5.47. The molecule has 2 aromatic heterocycles. The Morgan fingerprint density at radius 2 is 2.03 bits per heavy atom. The number of carbonyl (C=O) groups excluding carboxylic acids is 1. The number of rotatable bonds is 5. The fourth-order valence-corrected chi connectivity index (χ4v) is 3.81. The Morgan fingerprint density at radius 1 is 1.17 bits per heavy atom. The summed E-state index contributed by atoms with van der Waals surface area (Å²) in [5.74, 6) is 0.445. The Labute approximate surface area is 177 Å². The van der Waals surface area contributed by atoms with E-state index >= 15 is 0 Å². The van der Waals surface area contributed by atoms with E-state index in [9.17, 15) is 4.79 Å². The van der Waals surface area contributed by atoms with E-state index in [1.54, 1.807) is 18.3 Å². The van der Waals surface area contributed by atoms with Crippen molar-refractivity contribution >= 4 is 40.2 Å². The van der Waals surface area contributed by atoms with Gasteiger partial charge in [0.05, 0.1) is 18.2 Å². The summed E-state index contributed by atoms with van der Waals surface area (Å²) in [4.78, 5) is 20.9. The van der Waals surface area contributed by atoms with Gasteiger partial charge in [0.15, 0.2) is 5.16 Å². The Morgan fingerprint density at radius 3 is 2.83 bits per heavy atom. The smallest absolute Gasteiger partial charge is 0.338 e. The van der Waals surface area contributed by atoms with Crippen LogP contribution >= 0.6 is 23.4 Å². The summed E-state index contributed by atoms with van der Waals surface area (Å²) in [7, 11) is 1.37. The van der Waals surface area contributed by atoms with Crippen molar-refractivity contribution in [2.75, 3.05) is 13.4 Å². The number of hydrogen-bond donors (Lipinski definition) is 0. The van der Waals surface area contributed by atoms with E-state index in [1.807, 2.05) is 29.2 Å². The maximum Gasteiger partial charge on any atom is 0.338 e. The van der Waals surface area contributed by atoms with Gasteiger partial charge in [0.2, 0.25) is 0 Å². The topological polar surface area (TPSA) is 57.0 Å². The minimum Gasteiger partial charge on any atom is -0.465 e. The quantitative estimate of drug-likeness (QED) is 0.251. The van der Waals surface area contributed by atoms with E-state index in [4.69, 9.17) is 16.3 Å². The largest absolute Gasteiger partial charge is 0.465 e. The standard InChI is InChI=1S/C22H18ClN3O2S/c1-28-21(27)18-13-17(23)5-4-15(18)11-14-3-6-19-16(12-14)8-10-26(19)20-7-9-24-22(25-20)29-2/h3-10,12-13H,11H2,1-2H3. The van der Waals surface area contributed by atoms with Gasteiger partial charge in [-0.1, -0.05) is 35.5 Å². The molecule has 0 amide bonds. The zero-order valence-electron chi connectivity index (χ0n) is 15.9. The molecule has 0 aliphatic heterocycles. The number of methoxy groups -OCH3 is 1. The van der Waals surface area contributed by atoms with Crippen molar-refractivity contribution in [3.05, 3.63) is 82.6 Å². The highest BCUT2D eigenvalue weighted by Gasteiger charge is 2.14. The molecule has 0 saturated heterocycles. The third kappa shape index (κ3) is 3.99. The molecule has 0 unspecified atom stereocenters. The predicted molar refractivity (Wildman–Crippen MR) is 116 cm³/mol. The maximum absolute atomic E-state index is 12.1. The first-order valence-electron chi connectivity index (χ1n) is 8.93. The van der Waals surface area contributed by atoms with Gasteiger partial charge in [-0.05, 0) is 60.2 Å². The van der Waals surface area contributed by atoms with E-state index in [1.165, 1.54) is 18.9 Å². The Hall–Kier alpha value is -2.83. The molecule has 4 rings (SSSR count). The van der Waals surface area contributed by atoms with Crippen molar-refractivity contribution in [2.24, 2.45) is 0 Å². The number of thioether (sulfide) groups is 1. The van der Waals surface area contributed by atoms with Crippen LogP contribution in [0.2, 0.25) is 5.02 Å². The number of hydrogen-bond acceptors (Lipinski definition) is 5. The Balaban J connectivity index is 1.69. The van der Waals surface area contributed by atoms with Gasteiger partial charge >= 0.3 is 5.97 Å². The number of benzene rings is 2. The van der Waals surface area contributed by atoms with Crippen LogP contribution in [-0.4, -0.2) is 33.9 Å². The molecule has 0 fully saturated rings. The summed E-state index contributed by atoms with van der Waals surface area (Å²) in [5, 5.41) is 2.34. The second kappa shape index (κ2) is 8.27. The monoisotopic (exact) mass is 423 g/mol. The average molecular weight is 424 g/mol. The van der Waals surface area contributed by atoms with Crippen LogP contribution in [0.5, 0.6) is 0 Å². The minimum atomic E-state index is -0.386. The van der Waals surface area contributed by atoms with Crippen molar-refractivity contribution in [1.29, 1.82) is 0 Å². The van der Waals surface area contributed by atoms with Gasteiger partial charge in [-0.3, -0.25) is 0 Å². The van der Waals surface area contributed by atoms with Crippen LogP contribution < -0.4 is 0 Å². The van der Waals surface area contributed by atoms with Gasteiger partial charge in [0.25, 0.3) is 0 Å². The van der Waals surface area contributed by atoms with Crippen LogP contribution in [0.3, 0.4) is 0 Å². The molecule has 0 radical (unpaired) electrons. The lowest BCUT2D eigenvalue weighted by Crippen LogP contribution is -2.06. The number of carbonyl (C=O) groups is 1. The van der Waals surface area contributed by atoms with Gasteiger partial charge in [-0.25, -0.2) is 14.8 Å². The number of fused-ring (bicyclic) bond motifs is 1. The highest BCUT2D eigenvalue weighted by Crippen LogP contribution is 2.25. The van der Waals surface area contributed by atoms with Crippen LogP contribution in [0.4, 0.5) is 0 Å². The normalized spacial score (nSPS) is 11.0. The molecule has 0 spiro atoms. The molecule has 0 bridgehead atoms. The lowest BCUT2D eigenvalue weighted by molar-refractivity contribution is 0.0599. The first kappa shape index (κ1) is 19.5. The highest BCUT2D eigenvalue weighted by atomic mass is 35.5. The van der Waals surface area contributed by atoms with E-state index in [2.05, 4.69) is 34.2 Å². The van der Waals surface area contributed by atoms with E-state index in [-0.39, 0.29) is 5.97 Å². The fourth-order valence-electron chi connectivity index (χ4n) is 3.29. The molecule has 0 aliphatic carbocycles. The minimum absolute atomic E-state index is 0.386. The van der Waals surface area contributed by atoms with E-state index in [0.717, 1.165) is 33.0 Å². The first-order chi connectivity index (χ1) is 14.1. The Kier molecular flexibility index (Phi) is 5.56. The van der Waals surface area contributed by atoms with Gasteiger partial charge < -0.3 is 9.30 Å². The molecule has 29 heavy (non-hydrogen) atoms. The molecule has 4 aromatic rings. The van der Waals surface area contributed by atoms with Crippen molar-refractivity contribution in [1.82, 2.24) is 14.5 Å². The van der Waals surface area contributed by atoms with Crippen LogP contribution in [0.15, 0.2) is 66.1 Å². The van der Waals surface area contributed by atoms with E-state index < -0.39 is 0 Å². The molecule has 2 heterocycles. The molecule has 0 aliphatic rings. The van der Waals surface area contributed by atoms with Crippen molar-refractivity contribution in [3.63, 3.8) is 0 Å². The number of aromatic nitrogens is 3. The van der Waals surface area contributed by atoms with Gasteiger partial charge in [-0.2, -0.15) is 0 Å². The summed E-state index contributed by atoms with van der Waals surface area (Å²) < 4.78 is 6.94. The first-order valence-corrected chi connectivity index (χ1v) is 10.5.